The lowest BCUT2D eigenvalue weighted by molar-refractivity contribution is 0.0940. The van der Waals surface area contributed by atoms with E-state index in [1.165, 1.54) is 6.20 Å². The van der Waals surface area contributed by atoms with Crippen molar-refractivity contribution in [3.05, 3.63) is 59.0 Å². The summed E-state index contributed by atoms with van der Waals surface area (Å²) in [6.07, 6.45) is 1.47. The topological polar surface area (TPSA) is 98.7 Å². The van der Waals surface area contributed by atoms with Crippen LogP contribution in [0.15, 0.2) is 36.5 Å². The van der Waals surface area contributed by atoms with Crippen LogP contribution in [0.5, 0.6) is 0 Å². The highest BCUT2D eigenvalue weighted by molar-refractivity contribution is 6.00. The minimum absolute atomic E-state index is 0.134. The summed E-state index contributed by atoms with van der Waals surface area (Å²) in [7, 11) is 0. The summed E-state index contributed by atoms with van der Waals surface area (Å²) in [5.74, 6) is -0.112. The summed E-state index contributed by atoms with van der Waals surface area (Å²) < 4.78 is 1.94. The summed E-state index contributed by atoms with van der Waals surface area (Å²) in [6.45, 7) is 8.76. The van der Waals surface area contributed by atoms with E-state index >= 15 is 0 Å². The molecule has 2 heterocycles. The molecular weight excluding hydrogens is 340 g/mol. The summed E-state index contributed by atoms with van der Waals surface area (Å²) in [5.41, 5.74) is 10.5. The number of nitrogens with two attached hydrogens (primary N) is 1. The van der Waals surface area contributed by atoms with Crippen LogP contribution in [0.1, 0.15) is 47.2 Å². The third kappa shape index (κ3) is 3.67. The van der Waals surface area contributed by atoms with Gasteiger partial charge in [0, 0.05) is 29.6 Å². The van der Waals surface area contributed by atoms with Crippen LogP contribution in [0.3, 0.4) is 0 Å². The number of hydrogen-bond acceptors (Lipinski definition) is 5. The van der Waals surface area contributed by atoms with Gasteiger partial charge in [0.1, 0.15) is 0 Å². The van der Waals surface area contributed by atoms with Crippen molar-refractivity contribution in [2.24, 2.45) is 0 Å². The number of aromatic nitrogens is 4. The predicted octanol–water partition coefficient (Wildman–Crippen LogP) is 3.05. The second-order valence-corrected chi connectivity index (χ2v) is 6.45. The molecule has 7 heteroatoms. The van der Waals surface area contributed by atoms with E-state index in [-0.39, 0.29) is 17.9 Å². The molecule has 0 saturated heterocycles. The fraction of sp³-hybridized carbons (Fsp3) is 0.300. The van der Waals surface area contributed by atoms with E-state index in [0.717, 1.165) is 29.1 Å². The number of carbonyl (C=O) groups is 1. The number of hydrogen-bond donors (Lipinski definition) is 2. The van der Waals surface area contributed by atoms with Gasteiger partial charge in [0.25, 0.3) is 5.91 Å². The standard InChI is InChI=1S/C20H24N6O/c1-5-26-14(4)17(13(3)25-26)12(2)23-19(27)16-11-22-20(21)24-18(16)15-9-7-6-8-10-15/h6-12H,5H2,1-4H3,(H,23,27)(H2,21,22,24)/t12-/m0/s1. The van der Waals surface area contributed by atoms with Crippen molar-refractivity contribution in [2.75, 3.05) is 5.73 Å². The maximum Gasteiger partial charge on any atom is 0.255 e. The molecule has 3 N–H and O–H groups in total. The smallest absolute Gasteiger partial charge is 0.255 e. The van der Waals surface area contributed by atoms with Crippen LogP contribution in [0, 0.1) is 13.8 Å². The van der Waals surface area contributed by atoms with Crippen LogP contribution in [0.2, 0.25) is 0 Å². The lowest BCUT2D eigenvalue weighted by Crippen LogP contribution is -2.28. The second kappa shape index (κ2) is 7.57. The first-order valence-electron chi connectivity index (χ1n) is 8.95. The van der Waals surface area contributed by atoms with Crippen molar-refractivity contribution in [1.82, 2.24) is 25.1 Å². The van der Waals surface area contributed by atoms with Gasteiger partial charge >= 0.3 is 0 Å². The van der Waals surface area contributed by atoms with Crippen LogP contribution in [-0.4, -0.2) is 25.7 Å². The van der Waals surface area contributed by atoms with Crippen LogP contribution in [0.25, 0.3) is 11.3 Å². The van der Waals surface area contributed by atoms with Gasteiger partial charge in [-0.15, -0.1) is 0 Å². The Morgan fingerprint density at radius 3 is 2.59 bits per heavy atom. The molecule has 27 heavy (non-hydrogen) atoms. The average Bonchev–Trinajstić information content (AvgIpc) is 2.95. The van der Waals surface area contributed by atoms with Crippen LogP contribution >= 0.6 is 0 Å². The Hall–Kier alpha value is -3.22. The second-order valence-electron chi connectivity index (χ2n) is 6.45. The first-order chi connectivity index (χ1) is 12.9. The molecule has 1 amide bonds. The zero-order valence-corrected chi connectivity index (χ0v) is 16.0. The number of nitrogens with one attached hydrogen (secondary N) is 1. The van der Waals surface area contributed by atoms with Crippen LogP contribution < -0.4 is 11.1 Å². The average molecular weight is 364 g/mol. The van der Waals surface area contributed by atoms with Crippen molar-refractivity contribution in [3.63, 3.8) is 0 Å². The van der Waals surface area contributed by atoms with Gasteiger partial charge in [-0.2, -0.15) is 5.10 Å². The van der Waals surface area contributed by atoms with Gasteiger partial charge in [0.2, 0.25) is 5.95 Å². The molecule has 0 spiro atoms. The highest BCUT2D eigenvalue weighted by Gasteiger charge is 2.22. The minimum Gasteiger partial charge on any atom is -0.368 e. The van der Waals surface area contributed by atoms with Crippen molar-refractivity contribution < 1.29 is 4.79 Å². The lowest BCUT2D eigenvalue weighted by Gasteiger charge is -2.16. The summed E-state index contributed by atoms with van der Waals surface area (Å²) in [5, 5.41) is 7.58. The largest absolute Gasteiger partial charge is 0.368 e. The van der Waals surface area contributed by atoms with Crippen LogP contribution in [0.4, 0.5) is 5.95 Å². The number of nitrogen functional groups attached to an aromatic ring is 1. The maximum atomic E-state index is 13.0. The van der Waals surface area contributed by atoms with Gasteiger partial charge in [-0.3, -0.25) is 9.48 Å². The fourth-order valence-corrected chi connectivity index (χ4v) is 3.37. The SMILES string of the molecule is CCn1nc(C)c([C@H](C)NC(=O)c2cnc(N)nc2-c2ccccc2)c1C. The van der Waals surface area contributed by atoms with E-state index in [1.54, 1.807) is 0 Å². The number of amides is 1. The number of rotatable bonds is 5. The Balaban J connectivity index is 1.92. The molecule has 0 aliphatic rings. The Kier molecular flexibility index (Phi) is 5.21. The molecule has 0 aliphatic carbocycles. The maximum absolute atomic E-state index is 13.0. The van der Waals surface area contributed by atoms with Crippen molar-refractivity contribution in [1.29, 1.82) is 0 Å². The molecule has 0 bridgehead atoms. The molecule has 0 aliphatic heterocycles. The van der Waals surface area contributed by atoms with Gasteiger partial charge in [0.15, 0.2) is 0 Å². The monoisotopic (exact) mass is 364 g/mol. The van der Waals surface area contributed by atoms with Crippen LogP contribution in [-0.2, 0) is 6.54 Å². The molecule has 1 atom stereocenters. The van der Waals surface area contributed by atoms with E-state index < -0.39 is 0 Å². The first-order valence-corrected chi connectivity index (χ1v) is 8.95. The van der Waals surface area contributed by atoms with Gasteiger partial charge in [-0.25, -0.2) is 9.97 Å². The molecule has 0 unspecified atom stereocenters. The Morgan fingerprint density at radius 2 is 1.96 bits per heavy atom. The van der Waals surface area contributed by atoms with Crippen molar-refractivity contribution in [3.8, 4) is 11.3 Å². The van der Waals surface area contributed by atoms with E-state index in [2.05, 4.69) is 20.4 Å². The number of benzene rings is 1. The number of carbonyl (C=O) groups excluding carboxylic acids is 1. The number of anilines is 1. The summed E-state index contributed by atoms with van der Waals surface area (Å²) >= 11 is 0. The summed E-state index contributed by atoms with van der Waals surface area (Å²) in [4.78, 5) is 21.3. The highest BCUT2D eigenvalue weighted by Crippen LogP contribution is 2.24. The normalized spacial score (nSPS) is 12.0. The number of nitrogens with zero attached hydrogens (tertiary/aromatic N) is 4. The minimum atomic E-state index is -0.246. The van der Waals surface area contributed by atoms with E-state index in [1.807, 2.05) is 62.7 Å². The molecule has 7 nitrogen and oxygen atoms in total. The third-order valence-corrected chi connectivity index (χ3v) is 4.62. The molecule has 0 fully saturated rings. The molecular formula is C20H24N6O. The van der Waals surface area contributed by atoms with Gasteiger partial charge in [-0.05, 0) is 27.7 Å². The Bertz CT molecular complexity index is 964. The van der Waals surface area contributed by atoms with E-state index in [9.17, 15) is 4.79 Å². The van der Waals surface area contributed by atoms with Crippen molar-refractivity contribution in [2.45, 2.75) is 40.3 Å². The first kappa shape index (κ1) is 18.6. The molecule has 1 aromatic carbocycles. The van der Waals surface area contributed by atoms with Crippen molar-refractivity contribution >= 4 is 11.9 Å². The molecule has 3 rings (SSSR count). The van der Waals surface area contributed by atoms with E-state index in [0.29, 0.717) is 11.3 Å². The highest BCUT2D eigenvalue weighted by atomic mass is 16.1. The molecule has 0 saturated carbocycles. The van der Waals surface area contributed by atoms with Gasteiger partial charge in [0.05, 0.1) is 23.0 Å². The number of aryl methyl sites for hydroxylation is 2. The molecule has 0 radical (unpaired) electrons. The molecule has 2 aromatic heterocycles. The molecule has 140 valence electrons. The Labute approximate surface area is 158 Å². The van der Waals surface area contributed by atoms with Gasteiger partial charge < -0.3 is 11.1 Å². The quantitative estimate of drug-likeness (QED) is 0.725. The zero-order valence-electron chi connectivity index (χ0n) is 16.0. The third-order valence-electron chi connectivity index (χ3n) is 4.62. The molecule has 3 aromatic rings. The predicted molar refractivity (Wildman–Crippen MR) is 105 cm³/mol. The lowest BCUT2D eigenvalue weighted by atomic mass is 10.0. The fourth-order valence-electron chi connectivity index (χ4n) is 3.37. The van der Waals surface area contributed by atoms with E-state index in [4.69, 9.17) is 5.73 Å². The summed E-state index contributed by atoms with van der Waals surface area (Å²) in [6, 6.07) is 9.28. The van der Waals surface area contributed by atoms with Gasteiger partial charge in [-0.1, -0.05) is 30.3 Å². The Morgan fingerprint density at radius 1 is 1.26 bits per heavy atom. The zero-order chi connectivity index (χ0) is 19.6.